The number of hydrogen-bond donors (Lipinski definition) is 3. The molecule has 2 aromatic carbocycles. The average molecular weight is 734 g/mol. The lowest BCUT2D eigenvalue weighted by Gasteiger charge is -2.30. The minimum Gasteiger partial charge on any atom is -0.444 e. The fraction of sp³-hybridized carbons (Fsp3) is 0.513. The second-order valence-corrected chi connectivity index (χ2v) is 15.2. The summed E-state index contributed by atoms with van der Waals surface area (Å²) < 4.78 is 25.8. The third-order valence-electron chi connectivity index (χ3n) is 10.0. The Balaban J connectivity index is 1.22. The highest BCUT2D eigenvalue weighted by atomic mass is 19.1. The molecule has 0 bridgehead atoms. The normalized spacial score (nSPS) is 26.5. The van der Waals surface area contributed by atoms with Gasteiger partial charge in [0.2, 0.25) is 11.8 Å². The van der Waals surface area contributed by atoms with Gasteiger partial charge >= 0.3 is 12.2 Å². The van der Waals surface area contributed by atoms with E-state index in [1.807, 2.05) is 42.5 Å². The van der Waals surface area contributed by atoms with Crippen molar-refractivity contribution in [3.63, 3.8) is 0 Å². The molecule has 0 aromatic heterocycles. The topological polar surface area (TPSA) is 156 Å². The zero-order valence-corrected chi connectivity index (χ0v) is 30.4. The van der Waals surface area contributed by atoms with Crippen molar-refractivity contribution in [1.29, 1.82) is 0 Å². The van der Waals surface area contributed by atoms with Crippen LogP contribution in [0, 0.1) is 11.7 Å². The third-order valence-corrected chi connectivity index (χ3v) is 10.0. The van der Waals surface area contributed by atoms with Crippen LogP contribution >= 0.6 is 0 Å². The molecule has 5 atom stereocenters. The Morgan fingerprint density at radius 2 is 1.81 bits per heavy atom. The van der Waals surface area contributed by atoms with Crippen molar-refractivity contribution >= 4 is 29.9 Å². The van der Waals surface area contributed by atoms with Crippen molar-refractivity contribution in [2.45, 2.75) is 115 Å². The van der Waals surface area contributed by atoms with Crippen LogP contribution in [0.4, 0.5) is 14.0 Å². The molecule has 2 aromatic rings. The SMILES string of the molecule is CC(C)(C)OC(=O)N[C@H]1CCCCC/C=C\[C@H]2C[C@]2(C(=O)NOCc2ccccc2)NC(=O)[C@@H]2C[C@@H](OC(=O)N3Cc4cccc(F)c4C3)CN2C1=O. The molecular formula is C39H48FN5O8. The van der Waals surface area contributed by atoms with Gasteiger partial charge in [-0.05, 0) is 63.6 Å². The molecule has 3 N–H and O–H groups in total. The van der Waals surface area contributed by atoms with Gasteiger partial charge in [-0.25, -0.2) is 19.5 Å². The van der Waals surface area contributed by atoms with Gasteiger partial charge in [0, 0.05) is 24.4 Å². The van der Waals surface area contributed by atoms with E-state index in [0.717, 1.165) is 24.8 Å². The smallest absolute Gasteiger partial charge is 0.410 e. The fourth-order valence-corrected chi connectivity index (χ4v) is 7.19. The highest BCUT2D eigenvalue weighted by Gasteiger charge is 2.61. The predicted molar refractivity (Wildman–Crippen MR) is 190 cm³/mol. The van der Waals surface area contributed by atoms with Gasteiger partial charge in [-0.15, -0.1) is 0 Å². The summed E-state index contributed by atoms with van der Waals surface area (Å²) in [4.78, 5) is 76.8. The van der Waals surface area contributed by atoms with Crippen LogP contribution in [-0.2, 0) is 48.4 Å². The Kier molecular flexibility index (Phi) is 11.4. The van der Waals surface area contributed by atoms with Gasteiger partial charge in [0.15, 0.2) is 0 Å². The number of ether oxygens (including phenoxy) is 2. The van der Waals surface area contributed by atoms with E-state index in [-0.39, 0.29) is 38.6 Å². The van der Waals surface area contributed by atoms with Crippen LogP contribution < -0.4 is 16.1 Å². The van der Waals surface area contributed by atoms with Crippen molar-refractivity contribution in [2.24, 2.45) is 5.92 Å². The molecule has 1 saturated heterocycles. The standard InChI is InChI=1S/C39H48FN5O8/c1-38(2,3)53-36(49)41-31-18-11-6-4-5-10-16-27-20-39(27,35(48)43-51-24-25-13-8-7-9-14-25)42-33(46)32-19-28(22-45(32)34(31)47)52-37(50)44-21-26-15-12-17-30(40)29(26)23-44/h7-10,12-17,27-28,31-32H,4-6,11,18-24H2,1-3H3,(H,41,49)(H,42,46)(H,43,48)/b16-10-/t27-,28+,31-,32-,39-/m0/s1. The summed E-state index contributed by atoms with van der Waals surface area (Å²) >= 11 is 0. The van der Waals surface area contributed by atoms with Gasteiger partial charge in [0.25, 0.3) is 5.91 Å². The number of nitrogens with zero attached hydrogens (tertiary/aromatic N) is 2. The first kappa shape index (κ1) is 37.8. The molecule has 284 valence electrons. The molecule has 1 saturated carbocycles. The van der Waals surface area contributed by atoms with Crippen LogP contribution in [0.2, 0.25) is 0 Å². The maximum atomic E-state index is 14.4. The van der Waals surface area contributed by atoms with Crippen LogP contribution in [0.15, 0.2) is 60.7 Å². The van der Waals surface area contributed by atoms with Crippen LogP contribution in [0.5, 0.6) is 0 Å². The summed E-state index contributed by atoms with van der Waals surface area (Å²) in [7, 11) is 0. The number of fused-ring (bicyclic) bond motifs is 3. The number of alkyl carbamates (subject to hydrolysis) is 1. The van der Waals surface area contributed by atoms with Crippen LogP contribution in [0.25, 0.3) is 0 Å². The van der Waals surface area contributed by atoms with Gasteiger partial charge < -0.3 is 25.0 Å². The number of rotatable bonds is 6. The number of amides is 5. The zero-order valence-electron chi connectivity index (χ0n) is 30.4. The van der Waals surface area contributed by atoms with E-state index >= 15 is 0 Å². The number of carbonyl (C=O) groups excluding carboxylic acids is 5. The van der Waals surface area contributed by atoms with E-state index in [9.17, 15) is 28.4 Å². The zero-order chi connectivity index (χ0) is 37.8. The number of benzene rings is 2. The van der Waals surface area contributed by atoms with E-state index in [1.54, 1.807) is 32.9 Å². The Hall–Kier alpha value is -4.98. The summed E-state index contributed by atoms with van der Waals surface area (Å²) in [5.74, 6) is -2.38. The highest BCUT2D eigenvalue weighted by molar-refractivity contribution is 5.98. The van der Waals surface area contributed by atoms with Crippen molar-refractivity contribution in [3.05, 3.63) is 83.2 Å². The lowest BCUT2D eigenvalue weighted by molar-refractivity contribution is -0.144. The number of nitrogens with one attached hydrogen (secondary N) is 3. The molecule has 3 heterocycles. The van der Waals surface area contributed by atoms with Gasteiger partial charge in [-0.2, -0.15) is 0 Å². The molecule has 5 amide bonds. The van der Waals surface area contributed by atoms with Gasteiger partial charge in [-0.1, -0.05) is 67.5 Å². The van der Waals surface area contributed by atoms with Crippen LogP contribution in [0.3, 0.4) is 0 Å². The number of allylic oxidation sites excluding steroid dienone is 1. The summed E-state index contributed by atoms with van der Waals surface area (Å²) in [5, 5.41) is 5.64. The van der Waals surface area contributed by atoms with Crippen LogP contribution in [0.1, 0.15) is 82.4 Å². The van der Waals surface area contributed by atoms with Crippen molar-refractivity contribution in [2.75, 3.05) is 6.54 Å². The lowest BCUT2D eigenvalue weighted by Crippen LogP contribution is -2.58. The molecule has 14 heteroatoms. The van der Waals surface area contributed by atoms with E-state index in [0.29, 0.717) is 30.4 Å². The maximum Gasteiger partial charge on any atom is 0.410 e. The Morgan fingerprint density at radius 3 is 2.57 bits per heavy atom. The van der Waals surface area contributed by atoms with E-state index in [4.69, 9.17) is 14.3 Å². The molecule has 6 rings (SSSR count). The first-order valence-electron chi connectivity index (χ1n) is 18.3. The summed E-state index contributed by atoms with van der Waals surface area (Å²) in [6.07, 6.45) is 5.06. The van der Waals surface area contributed by atoms with E-state index < -0.39 is 65.1 Å². The van der Waals surface area contributed by atoms with E-state index in [1.165, 1.54) is 15.9 Å². The Bertz CT molecular complexity index is 1730. The Morgan fingerprint density at radius 1 is 1.02 bits per heavy atom. The quantitative estimate of drug-likeness (QED) is 0.283. The number of carbonyl (C=O) groups is 5. The Labute approximate surface area is 308 Å². The first-order valence-corrected chi connectivity index (χ1v) is 18.3. The minimum atomic E-state index is -1.33. The first-order chi connectivity index (χ1) is 25.3. The highest BCUT2D eigenvalue weighted by Crippen LogP contribution is 2.45. The second-order valence-electron chi connectivity index (χ2n) is 15.2. The summed E-state index contributed by atoms with van der Waals surface area (Å²) in [6, 6.07) is 11.8. The summed E-state index contributed by atoms with van der Waals surface area (Å²) in [5.41, 5.74) is 2.31. The molecule has 13 nitrogen and oxygen atoms in total. The van der Waals surface area contributed by atoms with E-state index in [2.05, 4.69) is 16.1 Å². The molecule has 53 heavy (non-hydrogen) atoms. The number of hydroxylamine groups is 1. The van der Waals surface area contributed by atoms with Crippen molar-refractivity contribution in [1.82, 2.24) is 25.9 Å². The molecular weight excluding hydrogens is 685 g/mol. The molecule has 1 aliphatic carbocycles. The predicted octanol–water partition coefficient (Wildman–Crippen LogP) is 4.78. The fourth-order valence-electron chi connectivity index (χ4n) is 7.19. The molecule has 4 aliphatic rings. The molecule has 2 fully saturated rings. The lowest BCUT2D eigenvalue weighted by atomic mass is 10.0. The maximum absolute atomic E-state index is 14.4. The van der Waals surface area contributed by atoms with Crippen molar-refractivity contribution in [3.8, 4) is 0 Å². The number of hydrogen-bond acceptors (Lipinski definition) is 8. The molecule has 0 unspecified atom stereocenters. The second kappa shape index (κ2) is 15.9. The van der Waals surface area contributed by atoms with Crippen LogP contribution in [-0.4, -0.2) is 75.6 Å². The number of halogens is 1. The average Bonchev–Trinajstić information content (AvgIpc) is 3.40. The molecule has 0 spiro atoms. The monoisotopic (exact) mass is 733 g/mol. The minimum absolute atomic E-state index is 0.0287. The van der Waals surface area contributed by atoms with Gasteiger partial charge in [0.05, 0.1) is 19.7 Å². The van der Waals surface area contributed by atoms with Crippen molar-refractivity contribution < 1.29 is 42.7 Å². The molecule has 3 aliphatic heterocycles. The molecule has 0 radical (unpaired) electrons. The largest absolute Gasteiger partial charge is 0.444 e. The van der Waals surface area contributed by atoms with Gasteiger partial charge in [0.1, 0.15) is 35.1 Å². The summed E-state index contributed by atoms with van der Waals surface area (Å²) in [6.45, 7) is 5.33. The third kappa shape index (κ3) is 9.16. The van der Waals surface area contributed by atoms with Gasteiger partial charge in [-0.3, -0.25) is 24.1 Å².